The smallest absolute Gasteiger partial charge is 0.316 e. The topological polar surface area (TPSA) is 50.6 Å². The number of hydrogen-bond donors (Lipinski definition) is 0. The Balaban J connectivity index is 1.33. The minimum atomic E-state index is -0.377. The van der Waals surface area contributed by atoms with Gasteiger partial charge in [-0.15, -0.1) is 0 Å². The van der Waals surface area contributed by atoms with E-state index < -0.39 is 0 Å². The number of anilines is 1. The van der Waals surface area contributed by atoms with Gasteiger partial charge in [0.1, 0.15) is 5.69 Å². The molecule has 0 N–H and O–H groups in total. The van der Waals surface area contributed by atoms with Crippen molar-refractivity contribution in [1.29, 1.82) is 0 Å². The maximum atomic E-state index is 13.5. The van der Waals surface area contributed by atoms with Crippen LogP contribution in [-0.2, 0) is 16.2 Å². The minimum absolute atomic E-state index is 0.0867. The summed E-state index contributed by atoms with van der Waals surface area (Å²) in [6.07, 6.45) is 6.13. The highest BCUT2D eigenvalue weighted by atomic mass is 35.5. The van der Waals surface area contributed by atoms with Crippen molar-refractivity contribution < 1.29 is 4.74 Å². The Kier molecular flexibility index (Phi) is 7.49. The van der Waals surface area contributed by atoms with Gasteiger partial charge in [0.05, 0.1) is 18.0 Å². The Labute approximate surface area is 213 Å². The maximum absolute atomic E-state index is 13.5. The molecule has 0 spiro atoms. The lowest BCUT2D eigenvalue weighted by molar-refractivity contribution is 0.205. The molecule has 35 heavy (non-hydrogen) atoms. The van der Waals surface area contributed by atoms with Crippen molar-refractivity contribution in [3.8, 4) is 17.1 Å². The van der Waals surface area contributed by atoms with Crippen LogP contribution in [0.2, 0.25) is 5.02 Å². The first-order valence-corrected chi connectivity index (χ1v) is 13.9. The fraction of sp³-hybridized carbons (Fsp3) is 0.370. The van der Waals surface area contributed by atoms with Crippen molar-refractivity contribution in [3.05, 3.63) is 81.7 Å². The zero-order chi connectivity index (χ0) is 24.2. The van der Waals surface area contributed by atoms with Crippen LogP contribution >= 0.6 is 11.6 Å². The van der Waals surface area contributed by atoms with Crippen LogP contribution in [0.15, 0.2) is 65.6 Å². The minimum Gasteiger partial charge on any atom is -0.483 e. The number of piperazine rings is 1. The van der Waals surface area contributed by atoms with Gasteiger partial charge in [0, 0.05) is 18.1 Å². The van der Waals surface area contributed by atoms with Crippen LogP contribution < -0.4 is 15.2 Å². The molecule has 0 bridgehead atoms. The number of halogens is 1. The zero-order valence-electron chi connectivity index (χ0n) is 19.7. The third kappa shape index (κ3) is 5.60. The van der Waals surface area contributed by atoms with Crippen molar-refractivity contribution in [2.45, 2.75) is 37.5 Å². The van der Waals surface area contributed by atoms with E-state index in [1.807, 2.05) is 54.6 Å². The van der Waals surface area contributed by atoms with E-state index in [4.69, 9.17) is 22.0 Å². The molecule has 2 fully saturated rings. The summed E-state index contributed by atoms with van der Waals surface area (Å²) in [6.45, 7) is 3.16. The fourth-order valence-electron chi connectivity index (χ4n) is 4.70. The molecule has 0 radical (unpaired) electrons. The molecule has 1 aliphatic carbocycles. The molecular weight excluding hydrogens is 480 g/mol. The van der Waals surface area contributed by atoms with Gasteiger partial charge in [0.2, 0.25) is 5.75 Å². The second kappa shape index (κ2) is 10.9. The van der Waals surface area contributed by atoms with Crippen LogP contribution in [0, 0.1) is 5.69 Å². The quantitative estimate of drug-likeness (QED) is 0.468. The van der Waals surface area contributed by atoms with Gasteiger partial charge in [-0.3, -0.25) is 4.79 Å². The van der Waals surface area contributed by atoms with Gasteiger partial charge in [0.25, 0.3) is 0 Å². The van der Waals surface area contributed by atoms with Crippen molar-refractivity contribution in [1.82, 2.24) is 14.1 Å². The number of hydrogen-bond acceptors (Lipinski definition) is 6. The van der Waals surface area contributed by atoms with Crippen LogP contribution in [-0.4, -0.2) is 46.4 Å². The van der Waals surface area contributed by atoms with Gasteiger partial charge in [-0.05, 0) is 63.0 Å². The summed E-state index contributed by atoms with van der Waals surface area (Å²) >= 11 is 6.01. The first-order chi connectivity index (χ1) is 17.1. The first-order valence-electron chi connectivity index (χ1n) is 12.1. The fourth-order valence-corrected chi connectivity index (χ4v) is 6.17. The van der Waals surface area contributed by atoms with E-state index in [2.05, 4.69) is 14.3 Å². The van der Waals surface area contributed by atoms with E-state index in [1.165, 1.54) is 10.2 Å². The van der Waals surface area contributed by atoms with Gasteiger partial charge in [0.15, 0.2) is 0 Å². The van der Waals surface area contributed by atoms with Crippen molar-refractivity contribution in [2.24, 2.45) is 0 Å². The second-order valence-electron chi connectivity index (χ2n) is 9.02. The Bertz CT molecular complexity index is 1270. The van der Waals surface area contributed by atoms with Gasteiger partial charge >= 0.3 is 5.56 Å². The molecule has 1 saturated heterocycles. The highest BCUT2D eigenvalue weighted by Gasteiger charge is 2.25. The molecule has 8 heteroatoms. The van der Waals surface area contributed by atoms with Crippen LogP contribution in [0.25, 0.3) is 5.69 Å². The molecule has 3 aromatic rings. The second-order valence-corrected chi connectivity index (χ2v) is 11.1. The Hall–Kier alpha value is -2.70. The molecule has 6 nitrogen and oxygen atoms in total. The van der Waals surface area contributed by atoms with E-state index in [9.17, 15) is 4.79 Å². The van der Waals surface area contributed by atoms with Crippen molar-refractivity contribution in [2.75, 3.05) is 31.1 Å². The third-order valence-corrected chi connectivity index (χ3v) is 8.55. The molecule has 2 aromatic carbocycles. The summed E-state index contributed by atoms with van der Waals surface area (Å²) in [5.74, 6) is 1.21. The van der Waals surface area contributed by atoms with Crippen LogP contribution in [0.5, 0.6) is 5.75 Å². The van der Waals surface area contributed by atoms with Crippen molar-refractivity contribution in [3.63, 3.8) is 0 Å². The average molecular weight is 510 g/mol. The molecule has 1 saturated carbocycles. The maximum Gasteiger partial charge on any atom is 0.316 e. The molecule has 2 heterocycles. The molecule has 0 atom stereocenters. The zero-order valence-corrected chi connectivity index (χ0v) is 21.3. The highest BCUT2D eigenvalue weighted by molar-refractivity contribution is 7.83. The highest BCUT2D eigenvalue weighted by Crippen LogP contribution is 2.30. The average Bonchev–Trinajstić information content (AvgIpc) is 3.40. The molecule has 0 amide bonds. The number of nitrogens with zero attached hydrogens (tertiary/aromatic N) is 4. The summed E-state index contributed by atoms with van der Waals surface area (Å²) in [4.78, 5) is 15.7. The molecule has 1 aromatic heterocycles. The van der Waals surface area contributed by atoms with Crippen LogP contribution in [0.1, 0.15) is 31.2 Å². The molecule has 0 unspecified atom stereocenters. The summed E-state index contributed by atoms with van der Waals surface area (Å²) in [5, 5.41) is 5.25. The summed E-state index contributed by atoms with van der Waals surface area (Å²) < 4.78 is 10.1. The monoisotopic (exact) mass is 509 g/mol. The molecular formula is C27H30ClN4O2S-. The Morgan fingerprint density at radius 1 is 1.00 bits per heavy atom. The summed E-state index contributed by atoms with van der Waals surface area (Å²) in [5.41, 5.74) is 9.06. The normalized spacial score (nSPS) is 17.2. The molecule has 2 aliphatic rings. The molecule has 5 rings (SSSR count). The third-order valence-electron chi connectivity index (χ3n) is 6.64. The number of benzene rings is 2. The lowest BCUT2D eigenvalue weighted by atomic mass is 10.2. The number of ether oxygens (including phenoxy) is 1. The lowest BCUT2D eigenvalue weighted by Gasteiger charge is -2.44. The Morgan fingerprint density at radius 3 is 2.37 bits per heavy atom. The predicted octanol–water partition coefficient (Wildman–Crippen LogP) is 4.65. The standard InChI is InChI=1S/C27H30ClN4O2S/c1-35(20-21-11-13-22(28)14-12-21)31-17-15-30(16-18-31)25-19-29-32(23-7-3-2-4-8-23)27(33)26(25)34-24-9-5-6-10-24/h1-4,7-8,11-14,19,24H,5-6,9-10,15-18,20H2/q-1. The van der Waals surface area contributed by atoms with E-state index in [1.54, 1.807) is 6.20 Å². The summed E-state index contributed by atoms with van der Waals surface area (Å²) in [6, 6.07) is 17.4. The number of aromatic nitrogens is 2. The largest absolute Gasteiger partial charge is 0.483 e. The number of rotatable bonds is 5. The SMILES string of the molecule is C#[S-](Cc1ccc(Cl)cc1)N1CCN(c2cnn(-c3ccccc3)c(=O)c2OC2CCCC2)CC1. The van der Waals surface area contributed by atoms with Crippen LogP contribution in [0.3, 0.4) is 0 Å². The lowest BCUT2D eigenvalue weighted by Crippen LogP contribution is -2.47. The number of para-hydroxylation sites is 1. The van der Waals surface area contributed by atoms with E-state index >= 15 is 0 Å². The first kappa shape index (κ1) is 24.0. The van der Waals surface area contributed by atoms with E-state index in [0.29, 0.717) is 5.75 Å². The van der Waals surface area contributed by atoms with Gasteiger partial charge < -0.3 is 30.1 Å². The summed E-state index contributed by atoms with van der Waals surface area (Å²) in [7, 11) is -0.377. The molecule has 184 valence electrons. The Morgan fingerprint density at radius 2 is 1.69 bits per heavy atom. The van der Waals surface area contributed by atoms with Gasteiger partial charge in [-0.1, -0.05) is 53.2 Å². The van der Waals surface area contributed by atoms with E-state index in [-0.39, 0.29) is 22.2 Å². The molecule has 1 aliphatic heterocycles. The van der Waals surface area contributed by atoms with Crippen LogP contribution in [0.4, 0.5) is 5.69 Å². The van der Waals surface area contributed by atoms with Gasteiger partial charge in [-0.25, -0.2) is 0 Å². The van der Waals surface area contributed by atoms with E-state index in [0.717, 1.165) is 74.0 Å². The van der Waals surface area contributed by atoms with Gasteiger partial charge in [-0.2, -0.15) is 9.78 Å². The predicted molar refractivity (Wildman–Crippen MR) is 144 cm³/mol. The van der Waals surface area contributed by atoms with Crippen molar-refractivity contribution >= 4 is 27.8 Å².